The Morgan fingerprint density at radius 3 is 2.50 bits per heavy atom. The van der Waals surface area contributed by atoms with Gasteiger partial charge in [0.25, 0.3) is 0 Å². The number of alkyl carbamates (subject to hydrolysis) is 1. The van der Waals surface area contributed by atoms with Gasteiger partial charge in [-0.3, -0.25) is 0 Å². The number of halogens is 3. The van der Waals surface area contributed by atoms with Gasteiger partial charge >= 0.3 is 6.09 Å². The maximum absolute atomic E-state index is 11.4. The van der Waals surface area contributed by atoms with Crippen LogP contribution in [-0.4, -0.2) is 29.8 Å². The molecule has 1 heterocycles. The van der Waals surface area contributed by atoms with Gasteiger partial charge in [0.15, 0.2) is 0 Å². The van der Waals surface area contributed by atoms with Crippen molar-refractivity contribution in [1.29, 1.82) is 0 Å². The van der Waals surface area contributed by atoms with Gasteiger partial charge < -0.3 is 15.4 Å². The van der Waals surface area contributed by atoms with Crippen molar-refractivity contribution in [2.24, 2.45) is 0 Å². The lowest BCUT2D eigenvalue weighted by atomic mass is 10.2. The zero-order valence-electron chi connectivity index (χ0n) is 11.4. The number of anilines is 1. The number of pyridine rings is 1. The van der Waals surface area contributed by atoms with Gasteiger partial charge in [0.05, 0.1) is 10.0 Å². The minimum atomic E-state index is -0.522. The molecule has 1 aromatic rings. The van der Waals surface area contributed by atoms with E-state index < -0.39 is 11.7 Å². The molecule has 0 unspecified atom stereocenters. The fourth-order valence-corrected chi connectivity index (χ4v) is 1.79. The standard InChI is InChI=1S/C12H16Cl3N3O2/c1-12(2,3)20-11(19)17-5-4-16-10-8(14)6-7(13)9(15)18-10/h6H,4-5H2,1-3H3,(H,16,18)(H,17,19). The van der Waals surface area contributed by atoms with E-state index in [1.807, 2.05) is 0 Å². The van der Waals surface area contributed by atoms with Crippen LogP contribution in [0.4, 0.5) is 10.6 Å². The van der Waals surface area contributed by atoms with Crippen LogP contribution in [0, 0.1) is 0 Å². The molecule has 0 bridgehead atoms. The van der Waals surface area contributed by atoms with Crippen molar-refractivity contribution >= 4 is 46.7 Å². The molecule has 2 N–H and O–H groups in total. The first-order valence-electron chi connectivity index (χ1n) is 5.91. The summed E-state index contributed by atoms with van der Waals surface area (Å²) in [5, 5.41) is 6.35. The van der Waals surface area contributed by atoms with Crippen LogP contribution in [0.2, 0.25) is 15.2 Å². The van der Waals surface area contributed by atoms with Crippen LogP contribution in [0.15, 0.2) is 6.07 Å². The fourth-order valence-electron chi connectivity index (χ4n) is 1.23. The van der Waals surface area contributed by atoms with E-state index in [0.29, 0.717) is 23.9 Å². The number of ether oxygens (including phenoxy) is 1. The molecular formula is C12H16Cl3N3O2. The molecule has 112 valence electrons. The van der Waals surface area contributed by atoms with Crippen molar-refractivity contribution in [3.05, 3.63) is 21.3 Å². The lowest BCUT2D eigenvalue weighted by Gasteiger charge is -2.19. The van der Waals surface area contributed by atoms with Gasteiger partial charge in [0, 0.05) is 13.1 Å². The van der Waals surface area contributed by atoms with E-state index in [9.17, 15) is 4.79 Å². The summed E-state index contributed by atoms with van der Waals surface area (Å²) in [7, 11) is 0. The Morgan fingerprint density at radius 1 is 1.25 bits per heavy atom. The molecule has 0 radical (unpaired) electrons. The highest BCUT2D eigenvalue weighted by Gasteiger charge is 2.15. The molecule has 0 atom stereocenters. The highest BCUT2D eigenvalue weighted by atomic mass is 35.5. The van der Waals surface area contributed by atoms with Gasteiger partial charge in [-0.05, 0) is 26.8 Å². The molecule has 1 rings (SSSR count). The molecule has 0 aliphatic heterocycles. The van der Waals surface area contributed by atoms with E-state index in [4.69, 9.17) is 39.5 Å². The zero-order chi connectivity index (χ0) is 15.3. The van der Waals surface area contributed by atoms with E-state index in [0.717, 1.165) is 0 Å². The largest absolute Gasteiger partial charge is 0.444 e. The SMILES string of the molecule is CC(C)(C)OC(=O)NCCNc1nc(Cl)c(Cl)cc1Cl. The Labute approximate surface area is 132 Å². The summed E-state index contributed by atoms with van der Waals surface area (Å²) in [5.41, 5.74) is -0.522. The van der Waals surface area contributed by atoms with Crippen molar-refractivity contribution in [2.75, 3.05) is 18.4 Å². The Bertz CT molecular complexity index is 490. The molecule has 8 heteroatoms. The maximum Gasteiger partial charge on any atom is 0.407 e. The highest BCUT2D eigenvalue weighted by Crippen LogP contribution is 2.28. The monoisotopic (exact) mass is 339 g/mol. The molecule has 5 nitrogen and oxygen atoms in total. The van der Waals surface area contributed by atoms with Gasteiger partial charge in [-0.15, -0.1) is 0 Å². The number of rotatable bonds is 4. The minimum absolute atomic E-state index is 0.165. The van der Waals surface area contributed by atoms with Crippen LogP contribution in [-0.2, 0) is 4.74 Å². The quantitative estimate of drug-likeness (QED) is 0.643. The van der Waals surface area contributed by atoms with E-state index in [-0.39, 0.29) is 10.2 Å². The predicted octanol–water partition coefficient (Wildman–Crippen LogP) is 3.98. The Hall–Kier alpha value is -0.910. The minimum Gasteiger partial charge on any atom is -0.444 e. The summed E-state index contributed by atoms with van der Waals surface area (Å²) in [6.07, 6.45) is -0.479. The fraction of sp³-hybridized carbons (Fsp3) is 0.500. The summed E-state index contributed by atoms with van der Waals surface area (Å²) < 4.78 is 5.09. The molecular weight excluding hydrogens is 325 g/mol. The predicted molar refractivity (Wildman–Crippen MR) is 82.0 cm³/mol. The molecule has 0 aliphatic carbocycles. The van der Waals surface area contributed by atoms with Crippen LogP contribution in [0.25, 0.3) is 0 Å². The number of aromatic nitrogens is 1. The Morgan fingerprint density at radius 2 is 1.90 bits per heavy atom. The topological polar surface area (TPSA) is 63.2 Å². The zero-order valence-corrected chi connectivity index (χ0v) is 13.7. The second-order valence-corrected chi connectivity index (χ2v) is 6.12. The highest BCUT2D eigenvalue weighted by molar-refractivity contribution is 6.42. The molecule has 0 saturated heterocycles. The third kappa shape index (κ3) is 6.03. The number of hydrogen-bond acceptors (Lipinski definition) is 4. The average Bonchev–Trinajstić information content (AvgIpc) is 2.28. The average molecular weight is 341 g/mol. The number of nitrogens with one attached hydrogen (secondary N) is 2. The molecule has 0 aromatic carbocycles. The molecule has 1 aromatic heterocycles. The van der Waals surface area contributed by atoms with Gasteiger partial charge in [-0.25, -0.2) is 9.78 Å². The number of amides is 1. The van der Waals surface area contributed by atoms with Gasteiger partial charge in [0.1, 0.15) is 16.6 Å². The number of nitrogens with zero attached hydrogens (tertiary/aromatic N) is 1. The summed E-state index contributed by atoms with van der Waals surface area (Å²) >= 11 is 17.5. The van der Waals surface area contributed by atoms with Crippen LogP contribution >= 0.6 is 34.8 Å². The van der Waals surface area contributed by atoms with Gasteiger partial charge in [0.2, 0.25) is 0 Å². The van der Waals surface area contributed by atoms with Crippen molar-refractivity contribution in [3.8, 4) is 0 Å². The van der Waals surface area contributed by atoms with E-state index in [1.54, 1.807) is 20.8 Å². The van der Waals surface area contributed by atoms with E-state index in [2.05, 4.69) is 15.6 Å². The number of carbonyl (C=O) groups is 1. The van der Waals surface area contributed by atoms with Crippen LogP contribution in [0.1, 0.15) is 20.8 Å². The Balaban J connectivity index is 2.38. The van der Waals surface area contributed by atoms with E-state index >= 15 is 0 Å². The van der Waals surface area contributed by atoms with Gasteiger partial charge in [-0.1, -0.05) is 34.8 Å². The molecule has 20 heavy (non-hydrogen) atoms. The smallest absolute Gasteiger partial charge is 0.407 e. The van der Waals surface area contributed by atoms with Crippen LogP contribution < -0.4 is 10.6 Å². The third-order valence-electron chi connectivity index (χ3n) is 1.97. The Kier molecular flexibility index (Phi) is 6.17. The lowest BCUT2D eigenvalue weighted by Crippen LogP contribution is -2.35. The molecule has 0 aliphatic rings. The maximum atomic E-state index is 11.4. The molecule has 0 fully saturated rings. The summed E-state index contributed by atoms with van der Waals surface area (Å²) in [6.45, 7) is 6.16. The first kappa shape index (κ1) is 17.1. The number of carbonyl (C=O) groups excluding carboxylic acids is 1. The lowest BCUT2D eigenvalue weighted by molar-refractivity contribution is 0.0530. The number of hydrogen-bond donors (Lipinski definition) is 2. The second-order valence-electron chi connectivity index (χ2n) is 4.95. The van der Waals surface area contributed by atoms with Crippen molar-refractivity contribution in [2.45, 2.75) is 26.4 Å². The first-order valence-corrected chi connectivity index (χ1v) is 7.04. The second kappa shape index (κ2) is 7.20. The first-order chi connectivity index (χ1) is 9.19. The molecule has 0 spiro atoms. The molecule has 0 saturated carbocycles. The summed E-state index contributed by atoms with van der Waals surface area (Å²) in [6, 6.07) is 1.50. The van der Waals surface area contributed by atoms with Crippen molar-refractivity contribution in [3.63, 3.8) is 0 Å². The summed E-state index contributed by atoms with van der Waals surface area (Å²) in [5.74, 6) is 0.409. The third-order valence-corrected chi connectivity index (χ3v) is 2.93. The van der Waals surface area contributed by atoms with Crippen LogP contribution in [0.5, 0.6) is 0 Å². The van der Waals surface area contributed by atoms with E-state index in [1.165, 1.54) is 6.07 Å². The molecule has 1 amide bonds. The summed E-state index contributed by atoms with van der Waals surface area (Å²) in [4.78, 5) is 15.4. The van der Waals surface area contributed by atoms with Crippen LogP contribution in [0.3, 0.4) is 0 Å². The van der Waals surface area contributed by atoms with Gasteiger partial charge in [-0.2, -0.15) is 0 Å². The van der Waals surface area contributed by atoms with Crippen molar-refractivity contribution < 1.29 is 9.53 Å². The van der Waals surface area contributed by atoms with Crippen molar-refractivity contribution in [1.82, 2.24) is 10.3 Å². The normalized spacial score (nSPS) is 11.1.